The van der Waals surface area contributed by atoms with Crippen LogP contribution in [0.5, 0.6) is 5.75 Å². The Balaban J connectivity index is 1.40. The first-order chi connectivity index (χ1) is 12.3. The van der Waals surface area contributed by atoms with Crippen LogP contribution in [0.15, 0.2) is 61.1 Å². The topological polar surface area (TPSA) is 57.4 Å². The van der Waals surface area contributed by atoms with E-state index in [0.29, 0.717) is 11.7 Å². The van der Waals surface area contributed by atoms with Crippen LogP contribution in [0.3, 0.4) is 0 Å². The van der Waals surface area contributed by atoms with Crippen LogP contribution in [-0.2, 0) is 6.54 Å². The Morgan fingerprint density at radius 3 is 2.32 bits per heavy atom. The van der Waals surface area contributed by atoms with Gasteiger partial charge < -0.3 is 10.0 Å². The lowest BCUT2D eigenvalue weighted by Gasteiger charge is -2.36. The SMILES string of the molecule is Oc1ccc(N2CCN(Cc3cccn3-c3ncccn3)CC2)cc1. The molecule has 2 aromatic heterocycles. The number of hydrogen-bond donors (Lipinski definition) is 1. The van der Waals surface area contributed by atoms with E-state index in [-0.39, 0.29) is 0 Å². The van der Waals surface area contributed by atoms with E-state index in [1.165, 1.54) is 11.4 Å². The number of benzene rings is 1. The highest BCUT2D eigenvalue weighted by Crippen LogP contribution is 2.20. The molecular formula is C19H21N5O. The van der Waals surface area contributed by atoms with Crippen molar-refractivity contribution in [2.24, 2.45) is 0 Å². The fourth-order valence-corrected chi connectivity index (χ4v) is 3.21. The van der Waals surface area contributed by atoms with Gasteiger partial charge in [-0.2, -0.15) is 0 Å². The minimum atomic E-state index is 0.311. The van der Waals surface area contributed by atoms with Crippen molar-refractivity contribution in [3.63, 3.8) is 0 Å². The minimum absolute atomic E-state index is 0.311. The number of aromatic nitrogens is 3. The van der Waals surface area contributed by atoms with E-state index in [1.807, 2.05) is 35.0 Å². The third-order valence-corrected chi connectivity index (χ3v) is 4.57. The van der Waals surface area contributed by atoms with Crippen molar-refractivity contribution in [3.8, 4) is 11.7 Å². The summed E-state index contributed by atoms with van der Waals surface area (Å²) in [6, 6.07) is 13.4. The van der Waals surface area contributed by atoms with Crippen molar-refractivity contribution in [2.45, 2.75) is 6.54 Å². The van der Waals surface area contributed by atoms with Crippen LogP contribution in [0.4, 0.5) is 5.69 Å². The highest BCUT2D eigenvalue weighted by Gasteiger charge is 2.18. The second kappa shape index (κ2) is 6.94. The molecule has 0 bridgehead atoms. The third-order valence-electron chi connectivity index (χ3n) is 4.57. The number of hydrogen-bond acceptors (Lipinski definition) is 5. The lowest BCUT2D eigenvalue weighted by molar-refractivity contribution is 0.245. The van der Waals surface area contributed by atoms with Crippen LogP contribution < -0.4 is 4.90 Å². The quantitative estimate of drug-likeness (QED) is 0.793. The highest BCUT2D eigenvalue weighted by molar-refractivity contribution is 5.49. The summed E-state index contributed by atoms with van der Waals surface area (Å²) in [6.45, 7) is 4.85. The van der Waals surface area contributed by atoms with E-state index in [4.69, 9.17) is 0 Å². The van der Waals surface area contributed by atoms with Crippen molar-refractivity contribution >= 4 is 5.69 Å². The molecule has 3 aromatic rings. The molecule has 25 heavy (non-hydrogen) atoms. The number of anilines is 1. The minimum Gasteiger partial charge on any atom is -0.508 e. The zero-order chi connectivity index (χ0) is 17.1. The standard InChI is InChI=1S/C19H21N5O/c25-18-6-4-16(5-7-18)23-13-11-22(12-14-23)15-17-3-1-10-24(17)19-20-8-2-9-21-19/h1-10,25H,11-15H2. The van der Waals surface area contributed by atoms with Crippen LogP contribution in [0.1, 0.15) is 5.69 Å². The maximum Gasteiger partial charge on any atom is 0.233 e. The third kappa shape index (κ3) is 3.49. The lowest BCUT2D eigenvalue weighted by Crippen LogP contribution is -2.46. The van der Waals surface area contributed by atoms with Gasteiger partial charge in [0.25, 0.3) is 0 Å². The molecule has 1 fully saturated rings. The lowest BCUT2D eigenvalue weighted by atomic mass is 10.2. The first-order valence-electron chi connectivity index (χ1n) is 8.49. The van der Waals surface area contributed by atoms with Crippen LogP contribution >= 0.6 is 0 Å². The van der Waals surface area contributed by atoms with E-state index >= 15 is 0 Å². The molecule has 4 rings (SSSR count). The number of phenolic OH excluding ortho intramolecular Hbond substituents is 1. The van der Waals surface area contributed by atoms with Gasteiger partial charge in [0.15, 0.2) is 0 Å². The van der Waals surface area contributed by atoms with Gasteiger partial charge in [0.05, 0.1) is 0 Å². The number of aromatic hydroxyl groups is 1. The normalized spacial score (nSPS) is 15.4. The highest BCUT2D eigenvalue weighted by atomic mass is 16.3. The predicted molar refractivity (Wildman–Crippen MR) is 97.0 cm³/mol. The monoisotopic (exact) mass is 335 g/mol. The number of piperazine rings is 1. The fourth-order valence-electron chi connectivity index (χ4n) is 3.21. The maximum atomic E-state index is 9.42. The molecule has 1 saturated heterocycles. The number of rotatable bonds is 4. The Hall–Kier alpha value is -2.86. The molecule has 1 N–H and O–H groups in total. The summed E-state index contributed by atoms with van der Waals surface area (Å²) < 4.78 is 2.05. The molecule has 0 radical (unpaired) electrons. The Labute approximate surface area is 147 Å². The molecule has 0 amide bonds. The van der Waals surface area contributed by atoms with Gasteiger partial charge in [0, 0.05) is 62.7 Å². The van der Waals surface area contributed by atoms with E-state index < -0.39 is 0 Å². The van der Waals surface area contributed by atoms with E-state index in [0.717, 1.165) is 32.7 Å². The van der Waals surface area contributed by atoms with E-state index in [9.17, 15) is 5.11 Å². The maximum absolute atomic E-state index is 9.42. The van der Waals surface area contributed by atoms with Gasteiger partial charge in [0.2, 0.25) is 5.95 Å². The summed E-state index contributed by atoms with van der Waals surface area (Å²) >= 11 is 0. The molecule has 0 atom stereocenters. The molecule has 1 aromatic carbocycles. The van der Waals surface area contributed by atoms with Gasteiger partial charge in [-0.1, -0.05) is 0 Å². The summed E-state index contributed by atoms with van der Waals surface area (Å²) in [6.07, 6.45) is 5.54. The first kappa shape index (κ1) is 15.7. The van der Waals surface area contributed by atoms with Gasteiger partial charge in [-0.3, -0.25) is 9.47 Å². The van der Waals surface area contributed by atoms with Gasteiger partial charge in [-0.25, -0.2) is 9.97 Å². The van der Waals surface area contributed by atoms with Crippen LogP contribution in [0.2, 0.25) is 0 Å². The first-order valence-corrected chi connectivity index (χ1v) is 8.49. The van der Waals surface area contributed by atoms with Crippen LogP contribution in [-0.4, -0.2) is 50.7 Å². The summed E-state index contributed by atoms with van der Waals surface area (Å²) in [7, 11) is 0. The van der Waals surface area contributed by atoms with Gasteiger partial charge in [-0.05, 0) is 42.5 Å². The molecule has 3 heterocycles. The molecule has 6 heteroatoms. The van der Waals surface area contributed by atoms with Gasteiger partial charge >= 0.3 is 0 Å². The van der Waals surface area contributed by atoms with Crippen molar-refractivity contribution in [3.05, 3.63) is 66.7 Å². The van der Waals surface area contributed by atoms with Crippen LogP contribution in [0.25, 0.3) is 5.95 Å². The second-order valence-corrected chi connectivity index (χ2v) is 6.20. The summed E-state index contributed by atoms with van der Waals surface area (Å²) in [4.78, 5) is 13.5. The summed E-state index contributed by atoms with van der Waals surface area (Å²) in [5, 5.41) is 9.42. The Bertz CT molecular complexity index is 807. The van der Waals surface area contributed by atoms with Crippen molar-refractivity contribution in [1.82, 2.24) is 19.4 Å². The number of nitrogens with zero attached hydrogens (tertiary/aromatic N) is 5. The molecule has 128 valence electrons. The molecule has 0 saturated carbocycles. The molecule has 0 aliphatic carbocycles. The smallest absolute Gasteiger partial charge is 0.233 e. The Morgan fingerprint density at radius 2 is 1.60 bits per heavy atom. The van der Waals surface area contributed by atoms with Crippen molar-refractivity contribution in [2.75, 3.05) is 31.1 Å². The Morgan fingerprint density at radius 1 is 0.880 bits per heavy atom. The molecule has 1 aliphatic heterocycles. The average Bonchev–Trinajstić information content (AvgIpc) is 3.12. The van der Waals surface area contributed by atoms with Gasteiger partial charge in [0.1, 0.15) is 5.75 Å². The molecule has 0 unspecified atom stereocenters. The largest absolute Gasteiger partial charge is 0.508 e. The van der Waals surface area contributed by atoms with Crippen molar-refractivity contribution in [1.29, 1.82) is 0 Å². The van der Waals surface area contributed by atoms with Crippen molar-refractivity contribution < 1.29 is 5.11 Å². The van der Waals surface area contributed by atoms with Crippen LogP contribution in [0, 0.1) is 0 Å². The summed E-state index contributed by atoms with van der Waals surface area (Å²) in [5.74, 6) is 1.02. The second-order valence-electron chi connectivity index (χ2n) is 6.20. The van der Waals surface area contributed by atoms with E-state index in [1.54, 1.807) is 24.5 Å². The summed E-state index contributed by atoms with van der Waals surface area (Å²) in [5.41, 5.74) is 2.36. The molecule has 6 nitrogen and oxygen atoms in total. The zero-order valence-electron chi connectivity index (χ0n) is 14.0. The van der Waals surface area contributed by atoms with Gasteiger partial charge in [-0.15, -0.1) is 0 Å². The fraction of sp³-hybridized carbons (Fsp3) is 0.263. The number of phenols is 1. The predicted octanol–water partition coefficient (Wildman–Crippen LogP) is 2.30. The Kier molecular flexibility index (Phi) is 4.35. The molecule has 0 spiro atoms. The average molecular weight is 335 g/mol. The molecule has 1 aliphatic rings. The zero-order valence-corrected chi connectivity index (χ0v) is 14.0. The molecular weight excluding hydrogens is 314 g/mol. The van der Waals surface area contributed by atoms with E-state index in [2.05, 4.69) is 25.8 Å².